The molecule has 6 heteroatoms. The van der Waals surface area contributed by atoms with Crippen LogP contribution in [0.3, 0.4) is 0 Å². The molecule has 0 aliphatic rings. The first-order valence-corrected chi connectivity index (χ1v) is 9.74. The topological polar surface area (TPSA) is 69.0 Å². The number of aryl methyl sites for hydroxylation is 1. The van der Waals surface area contributed by atoms with E-state index in [1.54, 1.807) is 42.2 Å². The first-order chi connectivity index (χ1) is 14.4. The van der Waals surface area contributed by atoms with Crippen molar-refractivity contribution in [1.82, 2.24) is 4.90 Å². The molecule has 3 aromatic rings. The number of hydrogen-bond acceptors (Lipinski definition) is 5. The van der Waals surface area contributed by atoms with Gasteiger partial charge in [-0.25, -0.2) is 0 Å². The van der Waals surface area contributed by atoms with E-state index < -0.39 is 0 Å². The number of amides is 1. The highest BCUT2D eigenvalue weighted by Crippen LogP contribution is 2.27. The van der Waals surface area contributed by atoms with Crippen LogP contribution in [0.25, 0.3) is 11.0 Å². The summed E-state index contributed by atoms with van der Waals surface area (Å²) in [6, 6.07) is 13.9. The highest BCUT2D eigenvalue weighted by molar-refractivity contribution is 5.80. The number of rotatable bonds is 8. The number of carbonyl (C=O) groups excluding carboxylic acids is 1. The molecule has 0 unspecified atom stereocenters. The third-order valence-electron chi connectivity index (χ3n) is 4.51. The maximum absolute atomic E-state index is 12.9. The van der Waals surface area contributed by atoms with Crippen molar-refractivity contribution in [2.75, 3.05) is 19.7 Å². The van der Waals surface area contributed by atoms with Gasteiger partial charge in [0.2, 0.25) is 11.2 Å². The maximum Gasteiger partial charge on any atom is 0.260 e. The average molecular weight is 407 g/mol. The van der Waals surface area contributed by atoms with Crippen molar-refractivity contribution in [2.24, 2.45) is 0 Å². The van der Waals surface area contributed by atoms with Gasteiger partial charge < -0.3 is 18.8 Å². The van der Waals surface area contributed by atoms with Gasteiger partial charge in [0.1, 0.15) is 22.8 Å². The first kappa shape index (κ1) is 21.2. The van der Waals surface area contributed by atoms with Crippen molar-refractivity contribution in [3.63, 3.8) is 0 Å². The number of nitrogens with zero attached hydrogens (tertiary/aromatic N) is 1. The van der Waals surface area contributed by atoms with Crippen molar-refractivity contribution < 1.29 is 18.7 Å². The number of fused-ring (bicyclic) bond motifs is 1. The fourth-order valence-corrected chi connectivity index (χ4v) is 3.02. The minimum atomic E-state index is -0.265. The molecule has 0 bridgehead atoms. The summed E-state index contributed by atoms with van der Waals surface area (Å²) < 4.78 is 17.2. The van der Waals surface area contributed by atoms with Gasteiger partial charge in [-0.05, 0) is 45.0 Å². The Morgan fingerprint density at radius 2 is 1.87 bits per heavy atom. The van der Waals surface area contributed by atoms with E-state index in [1.807, 2.05) is 32.0 Å². The van der Waals surface area contributed by atoms with Crippen LogP contribution in [0.4, 0.5) is 0 Å². The number of ether oxygens (including phenoxy) is 2. The summed E-state index contributed by atoms with van der Waals surface area (Å²) in [5, 5.41) is 0.377. The normalized spacial score (nSPS) is 10.6. The number of hydrogen-bond donors (Lipinski definition) is 0. The van der Waals surface area contributed by atoms with Gasteiger partial charge in [-0.15, -0.1) is 0 Å². The molecule has 2 aromatic carbocycles. The summed E-state index contributed by atoms with van der Waals surface area (Å²) in [5.41, 5.74) is 1.01. The van der Waals surface area contributed by atoms with Crippen LogP contribution in [0.2, 0.25) is 0 Å². The minimum absolute atomic E-state index is 0.106. The zero-order valence-electron chi connectivity index (χ0n) is 17.4. The molecule has 1 amide bonds. The molecule has 0 atom stereocenters. The van der Waals surface area contributed by atoms with Gasteiger partial charge in [-0.1, -0.05) is 30.4 Å². The van der Waals surface area contributed by atoms with E-state index in [2.05, 4.69) is 6.58 Å². The van der Waals surface area contributed by atoms with Crippen LogP contribution in [0.5, 0.6) is 17.2 Å². The van der Waals surface area contributed by atoms with Crippen molar-refractivity contribution in [2.45, 2.75) is 20.8 Å². The minimum Gasteiger partial charge on any atom is -0.484 e. The molecule has 0 aliphatic heterocycles. The molecule has 0 aliphatic carbocycles. The Morgan fingerprint density at radius 3 is 2.53 bits per heavy atom. The van der Waals surface area contributed by atoms with Crippen LogP contribution in [0, 0.1) is 6.92 Å². The molecular formula is C24H25NO5. The fraction of sp³-hybridized carbons (Fsp3) is 0.250. The van der Waals surface area contributed by atoms with Crippen LogP contribution in [0.15, 0.2) is 69.9 Å². The largest absolute Gasteiger partial charge is 0.484 e. The fourth-order valence-electron chi connectivity index (χ4n) is 3.02. The summed E-state index contributed by atoms with van der Waals surface area (Å²) in [4.78, 5) is 26.9. The van der Waals surface area contributed by atoms with E-state index in [1.165, 1.54) is 0 Å². The smallest absolute Gasteiger partial charge is 0.260 e. The van der Waals surface area contributed by atoms with Crippen LogP contribution in [0.1, 0.15) is 19.6 Å². The molecule has 0 saturated heterocycles. The van der Waals surface area contributed by atoms with Gasteiger partial charge >= 0.3 is 0 Å². The van der Waals surface area contributed by atoms with E-state index in [-0.39, 0.29) is 23.7 Å². The third-order valence-corrected chi connectivity index (χ3v) is 4.51. The van der Waals surface area contributed by atoms with Gasteiger partial charge in [-0.3, -0.25) is 9.59 Å². The highest BCUT2D eigenvalue weighted by Gasteiger charge is 2.16. The van der Waals surface area contributed by atoms with Gasteiger partial charge in [0, 0.05) is 19.2 Å². The predicted molar refractivity (Wildman–Crippen MR) is 116 cm³/mol. The Morgan fingerprint density at radius 1 is 1.13 bits per heavy atom. The van der Waals surface area contributed by atoms with Gasteiger partial charge in [0.15, 0.2) is 6.61 Å². The Kier molecular flexibility index (Phi) is 6.57. The summed E-state index contributed by atoms with van der Waals surface area (Å²) in [6.07, 6.45) is 0. The van der Waals surface area contributed by atoms with Crippen molar-refractivity contribution >= 4 is 16.9 Å². The van der Waals surface area contributed by atoms with Gasteiger partial charge in [0.05, 0.1) is 5.39 Å². The molecule has 30 heavy (non-hydrogen) atoms. The van der Waals surface area contributed by atoms with Gasteiger partial charge in [0.25, 0.3) is 5.91 Å². The van der Waals surface area contributed by atoms with Crippen molar-refractivity contribution in [3.05, 3.63) is 76.7 Å². The molecule has 0 spiro atoms. The van der Waals surface area contributed by atoms with E-state index in [0.717, 1.165) is 5.57 Å². The highest BCUT2D eigenvalue weighted by atomic mass is 16.5. The Hall–Kier alpha value is -3.54. The van der Waals surface area contributed by atoms with Crippen LogP contribution >= 0.6 is 0 Å². The van der Waals surface area contributed by atoms with Crippen molar-refractivity contribution in [1.29, 1.82) is 0 Å². The molecule has 1 heterocycles. The quantitative estimate of drug-likeness (QED) is 0.507. The monoisotopic (exact) mass is 407 g/mol. The molecule has 3 rings (SSSR count). The molecule has 0 N–H and O–H groups in total. The zero-order chi connectivity index (χ0) is 21.7. The number of carbonyl (C=O) groups is 1. The van der Waals surface area contributed by atoms with E-state index in [9.17, 15) is 9.59 Å². The lowest BCUT2D eigenvalue weighted by molar-refractivity contribution is -0.132. The zero-order valence-corrected chi connectivity index (χ0v) is 17.4. The molecule has 1 aromatic heterocycles. The predicted octanol–water partition coefficient (Wildman–Crippen LogP) is 4.70. The Labute approximate surface area is 175 Å². The standard InChI is InChI=1S/C24H25NO5/c1-5-25(14-16(2)3)22(26)15-28-19-11-12-20-21(13-19)29-17(4)24(23(20)27)30-18-9-7-6-8-10-18/h6-13H,2,5,14-15H2,1,3-4H3. The lowest BCUT2D eigenvalue weighted by atomic mass is 10.2. The number of likely N-dealkylation sites (N-methyl/N-ethyl adjacent to an activating group) is 1. The number of benzene rings is 2. The molecule has 6 nitrogen and oxygen atoms in total. The molecule has 0 fully saturated rings. The lowest BCUT2D eigenvalue weighted by Crippen LogP contribution is -2.35. The van der Waals surface area contributed by atoms with E-state index in [4.69, 9.17) is 13.9 Å². The second kappa shape index (κ2) is 9.31. The van der Waals surface area contributed by atoms with Crippen LogP contribution in [-0.4, -0.2) is 30.5 Å². The summed E-state index contributed by atoms with van der Waals surface area (Å²) in [7, 11) is 0. The van der Waals surface area contributed by atoms with Crippen LogP contribution in [-0.2, 0) is 4.79 Å². The first-order valence-electron chi connectivity index (χ1n) is 9.74. The Balaban J connectivity index is 1.80. The van der Waals surface area contributed by atoms with Crippen LogP contribution < -0.4 is 14.9 Å². The van der Waals surface area contributed by atoms with E-state index >= 15 is 0 Å². The second-order valence-corrected chi connectivity index (χ2v) is 7.04. The molecule has 156 valence electrons. The maximum atomic E-state index is 12.9. The summed E-state index contributed by atoms with van der Waals surface area (Å²) in [6.45, 7) is 10.3. The lowest BCUT2D eigenvalue weighted by Gasteiger charge is -2.21. The summed E-state index contributed by atoms with van der Waals surface area (Å²) >= 11 is 0. The SMILES string of the molecule is C=C(C)CN(CC)C(=O)COc1ccc2c(=O)c(Oc3ccccc3)c(C)oc2c1. The molecule has 0 saturated carbocycles. The third kappa shape index (κ3) is 4.89. The van der Waals surface area contributed by atoms with E-state index in [0.29, 0.717) is 41.3 Å². The summed E-state index contributed by atoms with van der Waals surface area (Å²) in [5.74, 6) is 1.38. The molecular weight excluding hydrogens is 382 g/mol. The van der Waals surface area contributed by atoms with Gasteiger partial charge in [-0.2, -0.15) is 0 Å². The molecule has 0 radical (unpaired) electrons. The Bertz CT molecular complexity index is 1120. The number of para-hydroxylation sites is 1. The average Bonchev–Trinajstić information content (AvgIpc) is 2.73. The van der Waals surface area contributed by atoms with Crippen molar-refractivity contribution in [3.8, 4) is 17.2 Å². The second-order valence-electron chi connectivity index (χ2n) is 7.04.